The third kappa shape index (κ3) is 2.55. The second-order valence-electron chi connectivity index (χ2n) is 5.47. The smallest absolute Gasteiger partial charge is 0.297 e. The van der Waals surface area contributed by atoms with Crippen molar-refractivity contribution in [2.24, 2.45) is 7.05 Å². The van der Waals surface area contributed by atoms with Gasteiger partial charge in [0, 0.05) is 18.3 Å². The lowest BCUT2D eigenvalue weighted by Gasteiger charge is -2.22. The lowest BCUT2D eigenvalue weighted by Crippen LogP contribution is -2.43. The first-order chi connectivity index (χ1) is 9.12. The van der Waals surface area contributed by atoms with Crippen molar-refractivity contribution in [2.75, 3.05) is 0 Å². The zero-order valence-corrected chi connectivity index (χ0v) is 11.7. The molecule has 102 valence electrons. The van der Waals surface area contributed by atoms with Crippen LogP contribution < -0.4 is 11.0 Å². The quantitative estimate of drug-likeness (QED) is 0.850. The van der Waals surface area contributed by atoms with Crippen molar-refractivity contribution in [3.05, 3.63) is 10.5 Å². The molecule has 2 aliphatic carbocycles. The number of nitriles is 1. The first-order valence-electron chi connectivity index (χ1n) is 6.59. The van der Waals surface area contributed by atoms with Crippen molar-refractivity contribution in [1.82, 2.24) is 20.1 Å². The van der Waals surface area contributed by atoms with Gasteiger partial charge in [0.15, 0.2) is 5.16 Å². The molecule has 0 spiro atoms. The van der Waals surface area contributed by atoms with E-state index in [9.17, 15) is 10.1 Å². The lowest BCUT2D eigenvalue weighted by molar-refractivity contribution is 0.420. The SMILES string of the molecule is Cn1c(SC2CCC(C#N)(NC3CC3)C2)n[nH]c1=O. The van der Waals surface area contributed by atoms with Gasteiger partial charge in [-0.05, 0) is 32.1 Å². The summed E-state index contributed by atoms with van der Waals surface area (Å²) in [6.45, 7) is 0. The summed E-state index contributed by atoms with van der Waals surface area (Å²) in [7, 11) is 1.71. The number of H-pyrrole nitrogens is 1. The van der Waals surface area contributed by atoms with Crippen molar-refractivity contribution >= 4 is 11.8 Å². The maximum atomic E-state index is 11.3. The first-order valence-corrected chi connectivity index (χ1v) is 7.47. The van der Waals surface area contributed by atoms with Crippen LogP contribution in [-0.4, -0.2) is 31.6 Å². The van der Waals surface area contributed by atoms with E-state index < -0.39 is 0 Å². The van der Waals surface area contributed by atoms with Gasteiger partial charge >= 0.3 is 5.69 Å². The molecule has 2 aliphatic rings. The summed E-state index contributed by atoms with van der Waals surface area (Å²) < 4.78 is 1.52. The van der Waals surface area contributed by atoms with E-state index in [1.54, 1.807) is 18.8 Å². The van der Waals surface area contributed by atoms with Crippen molar-refractivity contribution in [3.8, 4) is 6.07 Å². The second-order valence-corrected chi connectivity index (χ2v) is 6.73. The van der Waals surface area contributed by atoms with Gasteiger partial charge in [-0.15, -0.1) is 5.10 Å². The Morgan fingerprint density at radius 2 is 2.37 bits per heavy atom. The third-order valence-corrected chi connectivity index (χ3v) is 5.16. The van der Waals surface area contributed by atoms with Crippen LogP contribution in [0, 0.1) is 11.3 Å². The van der Waals surface area contributed by atoms with E-state index in [0.717, 1.165) is 19.3 Å². The summed E-state index contributed by atoms with van der Waals surface area (Å²) in [5.74, 6) is 0. The van der Waals surface area contributed by atoms with E-state index in [2.05, 4.69) is 21.6 Å². The highest BCUT2D eigenvalue weighted by Gasteiger charge is 2.43. The van der Waals surface area contributed by atoms with E-state index in [-0.39, 0.29) is 11.2 Å². The summed E-state index contributed by atoms with van der Waals surface area (Å²) >= 11 is 1.59. The minimum Gasteiger partial charge on any atom is -0.297 e. The van der Waals surface area contributed by atoms with E-state index in [1.807, 2.05) is 0 Å². The molecule has 0 aliphatic heterocycles. The van der Waals surface area contributed by atoms with Gasteiger partial charge in [0.1, 0.15) is 5.54 Å². The molecule has 0 radical (unpaired) electrons. The Bertz CT molecular complexity index is 569. The molecule has 2 fully saturated rings. The summed E-state index contributed by atoms with van der Waals surface area (Å²) in [4.78, 5) is 11.3. The molecular formula is C12H17N5OS. The highest BCUT2D eigenvalue weighted by atomic mass is 32.2. The maximum Gasteiger partial charge on any atom is 0.343 e. The van der Waals surface area contributed by atoms with Gasteiger partial charge in [-0.3, -0.25) is 9.88 Å². The third-order valence-electron chi connectivity index (χ3n) is 3.85. The van der Waals surface area contributed by atoms with Gasteiger partial charge in [0.2, 0.25) is 0 Å². The van der Waals surface area contributed by atoms with Crippen molar-refractivity contribution in [3.63, 3.8) is 0 Å². The lowest BCUT2D eigenvalue weighted by atomic mass is 10.00. The molecule has 1 aromatic heterocycles. The van der Waals surface area contributed by atoms with Gasteiger partial charge in [0.25, 0.3) is 0 Å². The van der Waals surface area contributed by atoms with Crippen LogP contribution in [0.2, 0.25) is 0 Å². The topological polar surface area (TPSA) is 86.5 Å². The summed E-state index contributed by atoms with van der Waals surface area (Å²) in [5.41, 5.74) is -0.559. The fourth-order valence-corrected chi connectivity index (χ4v) is 3.81. The fourth-order valence-electron chi connectivity index (χ4n) is 2.57. The maximum absolute atomic E-state index is 11.3. The Kier molecular flexibility index (Phi) is 3.15. The minimum absolute atomic E-state index is 0.192. The normalized spacial score (nSPS) is 30.4. The number of aromatic amines is 1. The number of rotatable bonds is 4. The Labute approximate surface area is 115 Å². The molecule has 0 aromatic carbocycles. The number of aromatic nitrogens is 3. The van der Waals surface area contributed by atoms with Gasteiger partial charge in [-0.2, -0.15) is 5.26 Å². The molecule has 2 atom stereocenters. The molecule has 0 amide bonds. The average Bonchev–Trinajstić information content (AvgIpc) is 3.05. The van der Waals surface area contributed by atoms with Crippen molar-refractivity contribution < 1.29 is 0 Å². The van der Waals surface area contributed by atoms with Crippen LogP contribution >= 0.6 is 11.8 Å². The van der Waals surface area contributed by atoms with E-state index in [0.29, 0.717) is 16.4 Å². The Morgan fingerprint density at radius 1 is 1.58 bits per heavy atom. The first kappa shape index (κ1) is 12.8. The number of hydrogen-bond donors (Lipinski definition) is 2. The zero-order valence-electron chi connectivity index (χ0n) is 10.8. The number of nitrogens with one attached hydrogen (secondary N) is 2. The monoisotopic (exact) mass is 279 g/mol. The molecular weight excluding hydrogens is 262 g/mol. The molecule has 2 unspecified atom stereocenters. The minimum atomic E-state index is -0.367. The molecule has 7 heteroatoms. The van der Waals surface area contributed by atoms with Crippen LogP contribution in [0.1, 0.15) is 32.1 Å². The van der Waals surface area contributed by atoms with Gasteiger partial charge < -0.3 is 0 Å². The largest absolute Gasteiger partial charge is 0.343 e. The molecule has 6 nitrogen and oxygen atoms in total. The number of nitrogens with zero attached hydrogens (tertiary/aromatic N) is 3. The van der Waals surface area contributed by atoms with Crippen LogP contribution in [-0.2, 0) is 7.05 Å². The molecule has 1 heterocycles. The van der Waals surface area contributed by atoms with Crippen LogP contribution in [0.15, 0.2) is 9.95 Å². The fraction of sp³-hybridized carbons (Fsp3) is 0.750. The van der Waals surface area contributed by atoms with Crippen LogP contribution in [0.5, 0.6) is 0 Å². The summed E-state index contributed by atoms with van der Waals surface area (Å²) in [6, 6.07) is 3.00. The predicted molar refractivity (Wildman–Crippen MR) is 71.8 cm³/mol. The van der Waals surface area contributed by atoms with Crippen LogP contribution in [0.4, 0.5) is 0 Å². The average molecular weight is 279 g/mol. The Morgan fingerprint density at radius 3 is 2.95 bits per heavy atom. The summed E-state index contributed by atoms with van der Waals surface area (Å²) in [5, 5.41) is 20.4. The van der Waals surface area contributed by atoms with Gasteiger partial charge in [0.05, 0.1) is 6.07 Å². The van der Waals surface area contributed by atoms with Gasteiger partial charge in [-0.1, -0.05) is 11.8 Å². The van der Waals surface area contributed by atoms with Gasteiger partial charge in [-0.25, -0.2) is 9.89 Å². The zero-order chi connectivity index (χ0) is 13.5. The number of hydrogen-bond acceptors (Lipinski definition) is 5. The second kappa shape index (κ2) is 4.69. The van der Waals surface area contributed by atoms with Crippen LogP contribution in [0.3, 0.4) is 0 Å². The van der Waals surface area contributed by atoms with Crippen LogP contribution in [0.25, 0.3) is 0 Å². The molecule has 1 aromatic rings. The van der Waals surface area contributed by atoms with E-state index in [1.165, 1.54) is 17.4 Å². The number of thioether (sulfide) groups is 1. The molecule has 3 rings (SSSR count). The molecule has 19 heavy (non-hydrogen) atoms. The van der Waals surface area contributed by atoms with E-state index in [4.69, 9.17) is 0 Å². The van der Waals surface area contributed by atoms with E-state index >= 15 is 0 Å². The highest BCUT2D eigenvalue weighted by molar-refractivity contribution is 7.99. The highest BCUT2D eigenvalue weighted by Crippen LogP contribution is 2.40. The van der Waals surface area contributed by atoms with Crippen molar-refractivity contribution in [1.29, 1.82) is 5.26 Å². The van der Waals surface area contributed by atoms with Crippen molar-refractivity contribution in [2.45, 2.75) is 54.1 Å². The Balaban J connectivity index is 1.66. The molecule has 0 bridgehead atoms. The predicted octanol–water partition coefficient (Wildman–Crippen LogP) is 0.767. The Hall–Kier alpha value is -1.26. The molecule has 0 saturated heterocycles. The molecule has 2 N–H and O–H groups in total. The molecule has 2 saturated carbocycles. The standard InChI is InChI=1S/C12H17N5OS/c1-17-10(18)15-16-11(17)19-9-4-5-12(6-9,7-13)14-8-2-3-8/h8-9,14H,2-6H2,1H3,(H,15,18). The summed E-state index contributed by atoms with van der Waals surface area (Å²) in [6.07, 6.45) is 5.07.